The minimum Gasteiger partial charge on any atom is -0.480 e. The first-order valence-electron chi connectivity index (χ1n) is 4.42. The summed E-state index contributed by atoms with van der Waals surface area (Å²) in [5.41, 5.74) is 0. The Kier molecular flexibility index (Phi) is 3.48. The maximum absolute atomic E-state index is 11.0. The van der Waals surface area contributed by atoms with E-state index in [0.29, 0.717) is 6.54 Å². The van der Waals surface area contributed by atoms with E-state index >= 15 is 0 Å². The van der Waals surface area contributed by atoms with E-state index in [1.54, 1.807) is 0 Å². The fraction of sp³-hybridized carbons (Fsp3) is 0.625. The molecule has 1 aliphatic rings. The summed E-state index contributed by atoms with van der Waals surface area (Å²) in [5, 5.41) is 11.0. The Morgan fingerprint density at radius 1 is 1.67 bits per heavy atom. The third-order valence-electron chi connectivity index (χ3n) is 1.92. The first-order valence-corrected chi connectivity index (χ1v) is 4.42. The summed E-state index contributed by atoms with van der Waals surface area (Å²) in [7, 11) is 0. The lowest BCUT2D eigenvalue weighted by Gasteiger charge is -2.18. The molecule has 0 aromatic carbocycles. The van der Waals surface area contributed by atoms with Crippen molar-refractivity contribution >= 4 is 18.0 Å². The second-order valence-corrected chi connectivity index (χ2v) is 3.15. The van der Waals surface area contributed by atoms with Crippen LogP contribution in [-0.4, -0.2) is 53.7 Å². The molecule has 0 aromatic rings. The van der Waals surface area contributed by atoms with Crippen LogP contribution >= 0.6 is 0 Å². The standard InChI is InChI=1S/C8H12N2O5/c1-5(11)9-6(7(12)13)4-10-2-3-15-8(10)14/h6H,2-4H2,1H3,(H,9,11)(H,12,13). The van der Waals surface area contributed by atoms with Gasteiger partial charge in [-0.3, -0.25) is 4.79 Å². The molecule has 0 spiro atoms. The maximum atomic E-state index is 11.0. The summed E-state index contributed by atoms with van der Waals surface area (Å²) in [6, 6.07) is -1.09. The molecule has 1 fully saturated rings. The fourth-order valence-electron chi connectivity index (χ4n) is 1.24. The quantitative estimate of drug-likeness (QED) is 0.630. The van der Waals surface area contributed by atoms with Crippen molar-refractivity contribution in [2.45, 2.75) is 13.0 Å². The van der Waals surface area contributed by atoms with Gasteiger partial charge in [-0.25, -0.2) is 9.59 Å². The number of rotatable bonds is 4. The lowest BCUT2D eigenvalue weighted by molar-refractivity contribution is -0.141. The number of nitrogens with one attached hydrogen (secondary N) is 1. The number of aliphatic carboxylic acids is 1. The summed E-state index contributed by atoms with van der Waals surface area (Å²) in [6.45, 7) is 1.75. The Bertz CT molecular complexity index is 291. The first kappa shape index (κ1) is 11.3. The van der Waals surface area contributed by atoms with Gasteiger partial charge in [0.25, 0.3) is 0 Å². The predicted octanol–water partition coefficient (Wildman–Crippen LogP) is -0.972. The van der Waals surface area contributed by atoms with Crippen LogP contribution in [0.15, 0.2) is 0 Å². The Balaban J connectivity index is 2.54. The number of carboxylic acids is 1. The highest BCUT2D eigenvalue weighted by Crippen LogP contribution is 2.04. The molecular formula is C8H12N2O5. The molecule has 2 amide bonds. The van der Waals surface area contributed by atoms with E-state index in [1.165, 1.54) is 11.8 Å². The van der Waals surface area contributed by atoms with Gasteiger partial charge in [0.2, 0.25) is 5.91 Å². The molecule has 0 bridgehead atoms. The number of carbonyl (C=O) groups is 3. The zero-order valence-electron chi connectivity index (χ0n) is 8.23. The topological polar surface area (TPSA) is 95.9 Å². The number of amides is 2. The van der Waals surface area contributed by atoms with E-state index in [4.69, 9.17) is 5.11 Å². The van der Waals surface area contributed by atoms with Gasteiger partial charge in [0, 0.05) is 6.92 Å². The number of hydrogen-bond acceptors (Lipinski definition) is 4. The number of carbonyl (C=O) groups excluding carboxylic acids is 2. The highest BCUT2D eigenvalue weighted by Gasteiger charge is 2.28. The Morgan fingerprint density at radius 3 is 2.73 bits per heavy atom. The van der Waals surface area contributed by atoms with Crippen molar-refractivity contribution in [3.05, 3.63) is 0 Å². The summed E-state index contributed by atoms with van der Waals surface area (Å²) in [6.07, 6.45) is -0.549. The van der Waals surface area contributed by atoms with Crippen molar-refractivity contribution in [3.8, 4) is 0 Å². The lowest BCUT2D eigenvalue weighted by Crippen LogP contribution is -2.48. The Hall–Kier alpha value is -1.79. The van der Waals surface area contributed by atoms with Gasteiger partial charge in [0.15, 0.2) is 0 Å². The van der Waals surface area contributed by atoms with E-state index in [-0.39, 0.29) is 13.2 Å². The molecule has 1 heterocycles. The van der Waals surface area contributed by atoms with Crippen molar-refractivity contribution in [1.82, 2.24) is 10.2 Å². The van der Waals surface area contributed by atoms with Gasteiger partial charge in [0.05, 0.1) is 13.1 Å². The van der Waals surface area contributed by atoms with Gasteiger partial charge in [-0.2, -0.15) is 0 Å². The molecule has 2 N–H and O–H groups in total. The molecule has 1 atom stereocenters. The second-order valence-electron chi connectivity index (χ2n) is 3.15. The van der Waals surface area contributed by atoms with Gasteiger partial charge in [-0.15, -0.1) is 0 Å². The number of carboxylic acid groups (broad SMARTS) is 1. The highest BCUT2D eigenvalue weighted by molar-refractivity contribution is 5.83. The molecule has 84 valence electrons. The number of cyclic esters (lactones) is 1. The van der Waals surface area contributed by atoms with E-state index < -0.39 is 24.0 Å². The average Bonchev–Trinajstić information content (AvgIpc) is 2.50. The van der Waals surface area contributed by atoms with Crippen LogP contribution in [0.5, 0.6) is 0 Å². The van der Waals surface area contributed by atoms with Gasteiger partial charge in [0.1, 0.15) is 12.6 Å². The largest absolute Gasteiger partial charge is 0.480 e. The average molecular weight is 216 g/mol. The van der Waals surface area contributed by atoms with Crippen LogP contribution in [0.1, 0.15) is 6.92 Å². The molecular weight excluding hydrogens is 204 g/mol. The van der Waals surface area contributed by atoms with Crippen LogP contribution in [0.4, 0.5) is 4.79 Å². The molecule has 1 rings (SSSR count). The van der Waals surface area contributed by atoms with Crippen LogP contribution in [0, 0.1) is 0 Å². The van der Waals surface area contributed by atoms with Crippen molar-refractivity contribution in [2.75, 3.05) is 19.7 Å². The number of ether oxygens (including phenoxy) is 1. The minimum atomic E-state index is -1.18. The number of nitrogens with zero attached hydrogens (tertiary/aromatic N) is 1. The van der Waals surface area contributed by atoms with Gasteiger partial charge < -0.3 is 20.1 Å². The molecule has 0 radical (unpaired) electrons. The van der Waals surface area contributed by atoms with E-state index in [9.17, 15) is 14.4 Å². The normalized spacial score (nSPS) is 17.1. The van der Waals surface area contributed by atoms with Crippen LogP contribution in [0.3, 0.4) is 0 Å². The van der Waals surface area contributed by atoms with Crippen molar-refractivity contribution in [2.24, 2.45) is 0 Å². The molecule has 0 aromatic heterocycles. The van der Waals surface area contributed by atoms with Crippen molar-refractivity contribution in [3.63, 3.8) is 0 Å². The lowest BCUT2D eigenvalue weighted by atomic mass is 10.2. The third-order valence-corrected chi connectivity index (χ3v) is 1.92. The van der Waals surface area contributed by atoms with Gasteiger partial charge in [-0.05, 0) is 0 Å². The van der Waals surface area contributed by atoms with E-state index in [1.807, 2.05) is 0 Å². The molecule has 7 nitrogen and oxygen atoms in total. The fourth-order valence-corrected chi connectivity index (χ4v) is 1.24. The zero-order valence-corrected chi connectivity index (χ0v) is 8.23. The van der Waals surface area contributed by atoms with Gasteiger partial charge in [-0.1, -0.05) is 0 Å². The Labute approximate surface area is 86.0 Å². The molecule has 1 aliphatic heterocycles. The predicted molar refractivity (Wildman–Crippen MR) is 48.2 cm³/mol. The van der Waals surface area contributed by atoms with Crippen LogP contribution in [-0.2, 0) is 14.3 Å². The van der Waals surface area contributed by atoms with E-state index in [0.717, 1.165) is 0 Å². The molecule has 1 saturated heterocycles. The number of hydrogen-bond donors (Lipinski definition) is 2. The van der Waals surface area contributed by atoms with Crippen LogP contribution in [0.2, 0.25) is 0 Å². The third kappa shape index (κ3) is 3.12. The summed E-state index contributed by atoms with van der Waals surface area (Å²) < 4.78 is 4.63. The summed E-state index contributed by atoms with van der Waals surface area (Å²) >= 11 is 0. The Morgan fingerprint density at radius 2 is 2.33 bits per heavy atom. The molecule has 0 aliphatic carbocycles. The highest BCUT2D eigenvalue weighted by atomic mass is 16.6. The molecule has 7 heteroatoms. The smallest absolute Gasteiger partial charge is 0.410 e. The minimum absolute atomic E-state index is 0.0756. The van der Waals surface area contributed by atoms with Crippen LogP contribution in [0.25, 0.3) is 0 Å². The second kappa shape index (κ2) is 4.63. The summed E-state index contributed by atoms with van der Waals surface area (Å²) in [5.74, 6) is -1.63. The maximum Gasteiger partial charge on any atom is 0.410 e. The zero-order chi connectivity index (χ0) is 11.4. The molecule has 1 unspecified atom stereocenters. The van der Waals surface area contributed by atoms with E-state index in [2.05, 4.69) is 10.1 Å². The SMILES string of the molecule is CC(=O)NC(CN1CCOC1=O)C(=O)O. The monoisotopic (exact) mass is 216 g/mol. The van der Waals surface area contributed by atoms with Crippen LogP contribution < -0.4 is 5.32 Å². The van der Waals surface area contributed by atoms with Crippen molar-refractivity contribution in [1.29, 1.82) is 0 Å². The first-order chi connectivity index (χ1) is 7.00. The molecule has 0 saturated carbocycles. The summed E-state index contributed by atoms with van der Waals surface area (Å²) in [4.78, 5) is 33.7. The van der Waals surface area contributed by atoms with Gasteiger partial charge >= 0.3 is 12.1 Å². The van der Waals surface area contributed by atoms with Crippen molar-refractivity contribution < 1.29 is 24.2 Å². The molecule has 15 heavy (non-hydrogen) atoms.